The van der Waals surface area contributed by atoms with E-state index in [4.69, 9.17) is 16.3 Å². The van der Waals surface area contributed by atoms with Crippen LogP contribution in [0.2, 0.25) is 0 Å². The molecule has 1 aliphatic carbocycles. The van der Waals surface area contributed by atoms with Crippen LogP contribution in [0.1, 0.15) is 39.0 Å². The average Bonchev–Trinajstić information content (AvgIpc) is 2.28. The molecule has 15 heavy (non-hydrogen) atoms. The summed E-state index contributed by atoms with van der Waals surface area (Å²) < 4.78 is 5.11. The summed E-state index contributed by atoms with van der Waals surface area (Å²) in [6.45, 7) is 3.98. The van der Waals surface area contributed by atoms with Crippen molar-refractivity contribution in [1.29, 1.82) is 0 Å². The van der Waals surface area contributed by atoms with Crippen molar-refractivity contribution < 1.29 is 4.74 Å². The van der Waals surface area contributed by atoms with E-state index in [0.29, 0.717) is 11.5 Å². The second kappa shape index (κ2) is 6.72. The molecular weight excluding hydrogens is 210 g/mol. The van der Waals surface area contributed by atoms with Gasteiger partial charge in [-0.1, -0.05) is 19.3 Å². The second-order valence-corrected chi connectivity index (χ2v) is 5.20. The van der Waals surface area contributed by atoms with Gasteiger partial charge in [0, 0.05) is 25.6 Å². The first-order valence-corrected chi connectivity index (χ1v) is 6.54. The van der Waals surface area contributed by atoms with Gasteiger partial charge in [-0.15, -0.1) is 11.6 Å². The van der Waals surface area contributed by atoms with Crippen LogP contribution in [0.15, 0.2) is 0 Å². The molecule has 1 aliphatic rings. The highest BCUT2D eigenvalue weighted by Gasteiger charge is 2.31. The van der Waals surface area contributed by atoms with Gasteiger partial charge in [0.15, 0.2) is 0 Å². The number of hydrogen-bond acceptors (Lipinski definition) is 2. The fourth-order valence-electron chi connectivity index (χ4n) is 2.36. The molecule has 0 saturated heterocycles. The minimum absolute atomic E-state index is 0.349. The summed E-state index contributed by atoms with van der Waals surface area (Å²) in [5, 5.41) is 3.54. The van der Waals surface area contributed by atoms with E-state index in [-0.39, 0.29) is 0 Å². The third-order valence-corrected chi connectivity index (χ3v) is 4.01. The number of halogens is 1. The first kappa shape index (κ1) is 13.3. The summed E-state index contributed by atoms with van der Waals surface area (Å²) in [5.74, 6) is 0.791. The van der Waals surface area contributed by atoms with Gasteiger partial charge in [-0.2, -0.15) is 0 Å². The summed E-state index contributed by atoms with van der Waals surface area (Å²) in [7, 11) is 1.75. The van der Waals surface area contributed by atoms with Crippen LogP contribution in [0.3, 0.4) is 0 Å². The number of hydrogen-bond donors (Lipinski definition) is 1. The summed E-state index contributed by atoms with van der Waals surface area (Å²) in [4.78, 5) is 0. The Morgan fingerprint density at radius 1 is 1.33 bits per heavy atom. The molecule has 3 heteroatoms. The Labute approximate surface area is 98.7 Å². The van der Waals surface area contributed by atoms with Crippen molar-refractivity contribution in [2.24, 2.45) is 5.41 Å². The van der Waals surface area contributed by atoms with Gasteiger partial charge >= 0.3 is 0 Å². The number of alkyl halides is 1. The smallest absolute Gasteiger partial charge is 0.0613 e. The van der Waals surface area contributed by atoms with Gasteiger partial charge in [-0.25, -0.2) is 0 Å². The minimum atomic E-state index is 0.349. The van der Waals surface area contributed by atoms with Gasteiger partial charge in [0.1, 0.15) is 0 Å². The molecule has 0 heterocycles. The molecule has 0 aromatic heterocycles. The SMILES string of the molecule is COCC(C)NCC1(CCl)CCCCC1. The zero-order valence-corrected chi connectivity index (χ0v) is 10.8. The van der Waals surface area contributed by atoms with Gasteiger partial charge in [0.2, 0.25) is 0 Å². The summed E-state index contributed by atoms with van der Waals surface area (Å²) in [6, 6.07) is 0.428. The Morgan fingerprint density at radius 3 is 2.53 bits per heavy atom. The van der Waals surface area contributed by atoms with Crippen molar-refractivity contribution in [2.75, 3.05) is 26.1 Å². The highest BCUT2D eigenvalue weighted by atomic mass is 35.5. The number of nitrogens with one attached hydrogen (secondary N) is 1. The van der Waals surface area contributed by atoms with Crippen molar-refractivity contribution in [1.82, 2.24) is 5.32 Å². The molecule has 0 amide bonds. The van der Waals surface area contributed by atoms with Crippen molar-refractivity contribution in [3.05, 3.63) is 0 Å². The van der Waals surface area contributed by atoms with E-state index in [1.54, 1.807) is 7.11 Å². The number of rotatable bonds is 6. The summed E-state index contributed by atoms with van der Waals surface area (Å²) in [5.41, 5.74) is 0.349. The molecule has 0 aliphatic heterocycles. The van der Waals surface area contributed by atoms with Crippen LogP contribution in [0, 0.1) is 5.41 Å². The van der Waals surface area contributed by atoms with Gasteiger partial charge in [-0.05, 0) is 25.2 Å². The molecule has 1 rings (SSSR count). The molecule has 1 unspecified atom stereocenters. The van der Waals surface area contributed by atoms with Crippen LogP contribution in [-0.2, 0) is 4.74 Å². The Kier molecular flexibility index (Phi) is 5.95. The Hall–Kier alpha value is 0.210. The highest BCUT2D eigenvalue weighted by molar-refractivity contribution is 6.18. The molecule has 1 atom stereocenters. The van der Waals surface area contributed by atoms with Gasteiger partial charge < -0.3 is 10.1 Å². The lowest BCUT2D eigenvalue weighted by Gasteiger charge is -2.36. The maximum atomic E-state index is 6.13. The Balaban J connectivity index is 2.32. The Bertz CT molecular complexity index is 169. The topological polar surface area (TPSA) is 21.3 Å². The third kappa shape index (κ3) is 4.29. The monoisotopic (exact) mass is 233 g/mol. The molecule has 0 radical (unpaired) electrons. The van der Waals surface area contributed by atoms with Gasteiger partial charge in [-0.3, -0.25) is 0 Å². The molecule has 90 valence electrons. The van der Waals surface area contributed by atoms with E-state index in [0.717, 1.165) is 19.0 Å². The first-order chi connectivity index (χ1) is 7.22. The lowest BCUT2D eigenvalue weighted by Crippen LogP contribution is -2.42. The van der Waals surface area contributed by atoms with E-state index >= 15 is 0 Å². The number of methoxy groups -OCH3 is 1. The maximum Gasteiger partial charge on any atom is 0.0613 e. The van der Waals surface area contributed by atoms with E-state index in [1.807, 2.05) is 0 Å². The van der Waals surface area contributed by atoms with Crippen molar-refractivity contribution in [3.63, 3.8) is 0 Å². The molecule has 0 bridgehead atoms. The van der Waals surface area contributed by atoms with Crippen LogP contribution < -0.4 is 5.32 Å². The van der Waals surface area contributed by atoms with Gasteiger partial charge in [0.05, 0.1) is 6.61 Å². The normalized spacial score (nSPS) is 22.6. The third-order valence-electron chi connectivity index (χ3n) is 3.44. The predicted octanol–water partition coefficient (Wildman–Crippen LogP) is 2.80. The zero-order chi connectivity index (χ0) is 11.1. The van der Waals surface area contributed by atoms with Crippen LogP contribution in [0.25, 0.3) is 0 Å². The average molecular weight is 234 g/mol. The fraction of sp³-hybridized carbons (Fsp3) is 1.00. The van der Waals surface area contributed by atoms with E-state index in [2.05, 4.69) is 12.2 Å². The lowest BCUT2D eigenvalue weighted by molar-refractivity contribution is 0.152. The quantitative estimate of drug-likeness (QED) is 0.713. The standard InChI is InChI=1S/C12H24ClNO/c1-11(8-15-2)14-10-12(9-13)6-4-3-5-7-12/h11,14H,3-10H2,1-2H3. The molecule has 1 N–H and O–H groups in total. The van der Waals surface area contributed by atoms with Crippen LogP contribution >= 0.6 is 11.6 Å². The van der Waals surface area contributed by atoms with E-state index < -0.39 is 0 Å². The second-order valence-electron chi connectivity index (χ2n) is 4.93. The van der Waals surface area contributed by atoms with E-state index in [1.165, 1.54) is 32.1 Å². The van der Waals surface area contributed by atoms with Crippen LogP contribution in [0.4, 0.5) is 0 Å². The zero-order valence-electron chi connectivity index (χ0n) is 10.0. The summed E-state index contributed by atoms with van der Waals surface area (Å²) in [6.07, 6.45) is 6.62. The Morgan fingerprint density at radius 2 is 2.00 bits per heavy atom. The molecule has 0 aromatic rings. The summed E-state index contributed by atoms with van der Waals surface area (Å²) >= 11 is 6.13. The molecule has 1 fully saturated rings. The maximum absolute atomic E-state index is 6.13. The van der Waals surface area contributed by atoms with Crippen LogP contribution in [-0.4, -0.2) is 32.2 Å². The molecule has 1 saturated carbocycles. The molecule has 2 nitrogen and oxygen atoms in total. The van der Waals surface area contributed by atoms with Crippen molar-refractivity contribution in [2.45, 2.75) is 45.1 Å². The number of ether oxygens (including phenoxy) is 1. The van der Waals surface area contributed by atoms with Crippen molar-refractivity contribution >= 4 is 11.6 Å². The molecular formula is C12H24ClNO. The lowest BCUT2D eigenvalue weighted by atomic mass is 9.75. The fourth-order valence-corrected chi connectivity index (χ4v) is 2.72. The van der Waals surface area contributed by atoms with Crippen LogP contribution in [0.5, 0.6) is 0 Å². The largest absolute Gasteiger partial charge is 0.383 e. The molecule has 0 aromatic carbocycles. The molecule has 0 spiro atoms. The van der Waals surface area contributed by atoms with Gasteiger partial charge in [0.25, 0.3) is 0 Å². The highest BCUT2D eigenvalue weighted by Crippen LogP contribution is 2.36. The first-order valence-electron chi connectivity index (χ1n) is 6.01. The minimum Gasteiger partial charge on any atom is -0.383 e. The van der Waals surface area contributed by atoms with E-state index in [9.17, 15) is 0 Å². The predicted molar refractivity (Wildman–Crippen MR) is 65.6 cm³/mol. The van der Waals surface area contributed by atoms with Crippen molar-refractivity contribution in [3.8, 4) is 0 Å².